The zero-order valence-corrected chi connectivity index (χ0v) is 13.3. The predicted molar refractivity (Wildman–Crippen MR) is 77.3 cm³/mol. The van der Waals surface area contributed by atoms with Crippen LogP contribution in [0.4, 0.5) is 5.82 Å². The summed E-state index contributed by atoms with van der Waals surface area (Å²) in [4.78, 5) is 0. The highest BCUT2D eigenvalue weighted by Gasteiger charge is 2.43. The maximum Gasteiger partial charge on any atom is 0.152 e. The number of aromatic nitrogens is 2. The van der Waals surface area contributed by atoms with Crippen LogP contribution in [0.1, 0.15) is 39.8 Å². The Morgan fingerprint density at radius 2 is 2.00 bits per heavy atom. The van der Waals surface area contributed by atoms with Gasteiger partial charge in [0.15, 0.2) is 9.84 Å². The van der Waals surface area contributed by atoms with Crippen LogP contribution in [0.3, 0.4) is 0 Å². The topological polar surface area (TPSA) is 78.0 Å². The summed E-state index contributed by atoms with van der Waals surface area (Å²) in [6, 6.07) is 0. The van der Waals surface area contributed by atoms with E-state index in [0.29, 0.717) is 23.0 Å². The van der Waals surface area contributed by atoms with Crippen LogP contribution in [0.5, 0.6) is 0 Å². The van der Waals surface area contributed by atoms with Crippen LogP contribution in [-0.2, 0) is 20.8 Å². The van der Waals surface area contributed by atoms with Crippen molar-refractivity contribution in [2.75, 3.05) is 17.2 Å². The molecule has 0 saturated carbocycles. The van der Waals surface area contributed by atoms with Gasteiger partial charge in [0.1, 0.15) is 10.8 Å². The molecule has 0 radical (unpaired) electrons. The zero-order chi connectivity index (χ0) is 14.6. The van der Waals surface area contributed by atoms with Crippen molar-refractivity contribution in [2.45, 2.75) is 45.1 Å². The maximum atomic E-state index is 11.7. The molecule has 0 aliphatic carbocycles. The fourth-order valence-corrected chi connectivity index (χ4v) is 4.97. The molecule has 0 amide bonds. The van der Waals surface area contributed by atoms with Gasteiger partial charge in [-0.05, 0) is 13.3 Å². The van der Waals surface area contributed by atoms with Crippen LogP contribution in [0.25, 0.3) is 0 Å². The molecule has 1 unspecified atom stereocenters. The number of hydrogen-bond donors (Lipinski definition) is 1. The molecule has 0 spiro atoms. The van der Waals surface area contributed by atoms with E-state index in [4.69, 9.17) is 17.3 Å². The molecule has 2 heterocycles. The summed E-state index contributed by atoms with van der Waals surface area (Å²) in [5.41, 5.74) is 5.90. The van der Waals surface area contributed by atoms with E-state index in [1.54, 1.807) is 4.68 Å². The Morgan fingerprint density at radius 1 is 1.42 bits per heavy atom. The number of nitrogens with zero attached hydrogens (tertiary/aromatic N) is 2. The highest BCUT2D eigenvalue weighted by molar-refractivity contribution is 7.91. The quantitative estimate of drug-likeness (QED) is 0.860. The van der Waals surface area contributed by atoms with Crippen LogP contribution in [0.2, 0.25) is 5.02 Å². The third-order valence-electron chi connectivity index (χ3n) is 3.57. The number of anilines is 1. The molecule has 0 bridgehead atoms. The molecule has 2 N–H and O–H groups in total. The summed E-state index contributed by atoms with van der Waals surface area (Å²) in [6.07, 6.45) is 0.515. The molecule has 1 aromatic rings. The first-order valence-corrected chi connectivity index (χ1v) is 8.42. The summed E-state index contributed by atoms with van der Waals surface area (Å²) in [5, 5.41) is 4.92. The largest absolute Gasteiger partial charge is 0.383 e. The first-order valence-electron chi connectivity index (χ1n) is 6.22. The van der Waals surface area contributed by atoms with Gasteiger partial charge in [0.05, 0.1) is 22.7 Å². The first kappa shape index (κ1) is 14.7. The Morgan fingerprint density at radius 3 is 2.37 bits per heavy atom. The minimum absolute atomic E-state index is 0.0613. The van der Waals surface area contributed by atoms with Crippen LogP contribution < -0.4 is 5.73 Å². The molecular formula is C12H20ClN3O2S. The van der Waals surface area contributed by atoms with E-state index >= 15 is 0 Å². The van der Waals surface area contributed by atoms with Crippen LogP contribution >= 0.6 is 11.6 Å². The molecule has 1 aromatic heterocycles. The Bertz CT molecular complexity index is 616. The van der Waals surface area contributed by atoms with Crippen molar-refractivity contribution >= 4 is 27.3 Å². The third-order valence-corrected chi connectivity index (χ3v) is 5.83. The second-order valence-corrected chi connectivity index (χ2v) is 9.11. The predicted octanol–water partition coefficient (Wildman–Crippen LogP) is 1.95. The molecule has 1 aliphatic heterocycles. The zero-order valence-electron chi connectivity index (χ0n) is 11.7. The summed E-state index contributed by atoms with van der Waals surface area (Å²) in [6.45, 7) is 7.86. The lowest BCUT2D eigenvalue weighted by Crippen LogP contribution is -2.33. The summed E-state index contributed by atoms with van der Waals surface area (Å²) >= 11 is 6.25. The van der Waals surface area contributed by atoms with Crippen molar-refractivity contribution in [1.29, 1.82) is 0 Å². The molecule has 2 rings (SSSR count). The van der Waals surface area contributed by atoms with Gasteiger partial charge in [0, 0.05) is 5.41 Å². The van der Waals surface area contributed by atoms with Gasteiger partial charge in [0.25, 0.3) is 0 Å². The summed E-state index contributed by atoms with van der Waals surface area (Å²) in [5.74, 6) is 0.586. The van der Waals surface area contributed by atoms with E-state index in [0.717, 1.165) is 0 Å². The van der Waals surface area contributed by atoms with Crippen LogP contribution in [0, 0.1) is 0 Å². The first-order chi connectivity index (χ1) is 8.46. The molecule has 108 valence electrons. The van der Waals surface area contributed by atoms with Crippen LogP contribution in [0.15, 0.2) is 0 Å². The Balaban J connectivity index is 2.54. The molecule has 1 aliphatic rings. The van der Waals surface area contributed by atoms with E-state index in [9.17, 15) is 8.42 Å². The maximum absolute atomic E-state index is 11.7. The molecule has 5 nitrogen and oxygen atoms in total. The summed E-state index contributed by atoms with van der Waals surface area (Å²) < 4.78 is 25.0. The fraction of sp³-hybridized carbons (Fsp3) is 0.750. The number of nitrogen functional groups attached to an aromatic ring is 1. The van der Waals surface area contributed by atoms with Crippen molar-refractivity contribution < 1.29 is 8.42 Å². The Kier molecular flexibility index (Phi) is 3.18. The SMILES string of the molecule is CC(C)(C)c1nn(C2(C)CCS(=O)(=O)C2)c(N)c1Cl. The Hall–Kier alpha value is -0.750. The molecule has 1 fully saturated rings. The second kappa shape index (κ2) is 4.12. The Labute approximate surface area is 119 Å². The highest BCUT2D eigenvalue weighted by atomic mass is 35.5. The van der Waals surface area contributed by atoms with Gasteiger partial charge in [-0.3, -0.25) is 0 Å². The normalized spacial score (nSPS) is 26.8. The smallest absolute Gasteiger partial charge is 0.152 e. The molecule has 7 heteroatoms. The molecule has 19 heavy (non-hydrogen) atoms. The van der Waals surface area contributed by atoms with Gasteiger partial charge >= 0.3 is 0 Å². The minimum Gasteiger partial charge on any atom is -0.383 e. The van der Waals surface area contributed by atoms with Gasteiger partial charge in [-0.2, -0.15) is 5.10 Å². The van der Waals surface area contributed by atoms with E-state index in [1.165, 1.54) is 0 Å². The molecular weight excluding hydrogens is 286 g/mol. The summed E-state index contributed by atoms with van der Waals surface area (Å²) in [7, 11) is -3.02. The van der Waals surface area contributed by atoms with E-state index in [2.05, 4.69) is 5.10 Å². The van der Waals surface area contributed by atoms with Crippen molar-refractivity contribution in [3.63, 3.8) is 0 Å². The fourth-order valence-electron chi connectivity index (χ4n) is 2.46. The molecule has 0 aromatic carbocycles. The van der Waals surface area contributed by atoms with Gasteiger partial charge in [-0.1, -0.05) is 32.4 Å². The number of halogens is 1. The number of sulfone groups is 1. The van der Waals surface area contributed by atoms with Gasteiger partial charge in [-0.25, -0.2) is 13.1 Å². The average Bonchev–Trinajstić information content (AvgIpc) is 2.67. The number of rotatable bonds is 1. The van der Waals surface area contributed by atoms with Crippen molar-refractivity contribution in [1.82, 2.24) is 9.78 Å². The lowest BCUT2D eigenvalue weighted by Gasteiger charge is -2.24. The van der Waals surface area contributed by atoms with Gasteiger partial charge < -0.3 is 5.73 Å². The molecule has 1 saturated heterocycles. The minimum atomic E-state index is -3.02. The third kappa shape index (κ3) is 2.48. The monoisotopic (exact) mass is 305 g/mol. The van der Waals surface area contributed by atoms with Gasteiger partial charge in [0.2, 0.25) is 0 Å². The van der Waals surface area contributed by atoms with Crippen molar-refractivity contribution in [3.05, 3.63) is 10.7 Å². The lowest BCUT2D eigenvalue weighted by molar-refractivity contribution is 0.328. The standard InChI is InChI=1S/C12H20ClN3O2S/c1-11(2,3)9-8(13)10(14)16(15-9)12(4)5-6-19(17,18)7-12/h5-7,14H2,1-4H3. The van der Waals surface area contributed by atoms with E-state index in [1.807, 2.05) is 27.7 Å². The number of hydrogen-bond acceptors (Lipinski definition) is 4. The van der Waals surface area contributed by atoms with Crippen molar-refractivity contribution in [2.24, 2.45) is 0 Å². The van der Waals surface area contributed by atoms with Crippen molar-refractivity contribution in [3.8, 4) is 0 Å². The second-order valence-electron chi connectivity index (χ2n) is 6.55. The molecule has 1 atom stereocenters. The highest BCUT2D eigenvalue weighted by Crippen LogP contribution is 2.38. The number of nitrogens with two attached hydrogens (primary N) is 1. The van der Waals surface area contributed by atoms with Crippen LogP contribution in [-0.4, -0.2) is 29.7 Å². The average molecular weight is 306 g/mol. The lowest BCUT2D eigenvalue weighted by atomic mass is 9.92. The van der Waals surface area contributed by atoms with E-state index in [-0.39, 0.29) is 16.9 Å². The van der Waals surface area contributed by atoms with Gasteiger partial charge in [-0.15, -0.1) is 0 Å². The van der Waals surface area contributed by atoms with E-state index < -0.39 is 15.4 Å².